The average molecular weight is 476 g/mol. The van der Waals surface area contributed by atoms with E-state index in [1.54, 1.807) is 12.1 Å². The van der Waals surface area contributed by atoms with Gasteiger partial charge in [0.2, 0.25) is 10.0 Å². The van der Waals surface area contributed by atoms with Gasteiger partial charge >= 0.3 is 12.0 Å². The molecule has 176 valence electrons. The van der Waals surface area contributed by atoms with E-state index in [0.717, 1.165) is 30.0 Å². The standard InChI is InChI=1S/C22H25N3O7S/c1-13-4-6-17(10-14(13)2)23-22(28)24-20(26)12-32-21(27)15-5-9-18(31-3)19(11-15)33(29,30)25-16-7-8-16/h4-6,9-11,16,25H,7-8,12H2,1-3H3,(H2,23,24,26,28). The molecule has 3 rings (SSSR count). The fourth-order valence-corrected chi connectivity index (χ4v) is 4.36. The van der Waals surface area contributed by atoms with Crippen LogP contribution in [0.15, 0.2) is 41.3 Å². The Labute approximate surface area is 191 Å². The molecule has 0 spiro atoms. The Morgan fingerprint density at radius 1 is 1.03 bits per heavy atom. The van der Waals surface area contributed by atoms with Gasteiger partial charge in [-0.15, -0.1) is 0 Å². The fourth-order valence-electron chi connectivity index (χ4n) is 2.86. The highest BCUT2D eigenvalue weighted by molar-refractivity contribution is 7.89. The maximum absolute atomic E-state index is 12.6. The van der Waals surface area contributed by atoms with Gasteiger partial charge in [0, 0.05) is 11.7 Å². The zero-order valence-corrected chi connectivity index (χ0v) is 19.2. The number of esters is 1. The van der Waals surface area contributed by atoms with Crippen LogP contribution in [0, 0.1) is 13.8 Å². The lowest BCUT2D eigenvalue weighted by atomic mass is 10.1. The summed E-state index contributed by atoms with van der Waals surface area (Å²) < 4.78 is 37.7. The van der Waals surface area contributed by atoms with Crippen molar-refractivity contribution >= 4 is 33.6 Å². The van der Waals surface area contributed by atoms with E-state index in [-0.39, 0.29) is 22.3 Å². The Morgan fingerprint density at radius 3 is 2.39 bits per heavy atom. The number of amides is 3. The molecule has 1 saturated carbocycles. The maximum atomic E-state index is 12.6. The minimum atomic E-state index is -3.89. The lowest BCUT2D eigenvalue weighted by molar-refractivity contribution is -0.123. The predicted molar refractivity (Wildman–Crippen MR) is 120 cm³/mol. The highest BCUT2D eigenvalue weighted by Crippen LogP contribution is 2.28. The summed E-state index contributed by atoms with van der Waals surface area (Å²) in [4.78, 5) is 36.1. The Kier molecular flexibility index (Phi) is 7.34. The number of ether oxygens (including phenoxy) is 2. The van der Waals surface area contributed by atoms with E-state index in [0.29, 0.717) is 5.69 Å². The summed E-state index contributed by atoms with van der Waals surface area (Å²) in [6.45, 7) is 3.09. The number of benzene rings is 2. The molecule has 1 aliphatic carbocycles. The van der Waals surface area contributed by atoms with Crippen LogP contribution in [-0.4, -0.2) is 46.1 Å². The van der Waals surface area contributed by atoms with Gasteiger partial charge in [0.15, 0.2) is 6.61 Å². The molecule has 33 heavy (non-hydrogen) atoms. The number of carbonyl (C=O) groups is 3. The number of hydrogen-bond donors (Lipinski definition) is 3. The molecule has 3 N–H and O–H groups in total. The summed E-state index contributed by atoms with van der Waals surface area (Å²) in [6.07, 6.45) is 1.49. The first-order chi connectivity index (χ1) is 15.6. The van der Waals surface area contributed by atoms with Crippen LogP contribution in [-0.2, 0) is 19.6 Å². The first-order valence-corrected chi connectivity index (χ1v) is 11.6. The Bertz CT molecular complexity index is 1190. The maximum Gasteiger partial charge on any atom is 0.338 e. The zero-order chi connectivity index (χ0) is 24.2. The zero-order valence-electron chi connectivity index (χ0n) is 18.4. The molecular formula is C22H25N3O7S. The number of carbonyl (C=O) groups excluding carboxylic acids is 3. The van der Waals surface area contributed by atoms with Gasteiger partial charge in [0.25, 0.3) is 5.91 Å². The molecule has 0 atom stereocenters. The summed E-state index contributed by atoms with van der Waals surface area (Å²) in [5, 5.41) is 4.58. The monoisotopic (exact) mass is 475 g/mol. The first-order valence-electron chi connectivity index (χ1n) is 10.1. The number of methoxy groups -OCH3 is 1. The molecule has 3 amide bonds. The van der Waals surface area contributed by atoms with Crippen LogP contribution in [0.2, 0.25) is 0 Å². The highest BCUT2D eigenvalue weighted by Gasteiger charge is 2.30. The Hall–Kier alpha value is -3.44. The van der Waals surface area contributed by atoms with Gasteiger partial charge in [-0.1, -0.05) is 6.07 Å². The summed E-state index contributed by atoms with van der Waals surface area (Å²) in [5.74, 6) is -1.70. The van der Waals surface area contributed by atoms with Crippen LogP contribution in [0.1, 0.15) is 34.3 Å². The predicted octanol–water partition coefficient (Wildman–Crippen LogP) is 2.26. The van der Waals surface area contributed by atoms with E-state index in [1.807, 2.05) is 19.9 Å². The average Bonchev–Trinajstić information content (AvgIpc) is 3.57. The van der Waals surface area contributed by atoms with Crippen LogP contribution in [0.3, 0.4) is 0 Å². The smallest absolute Gasteiger partial charge is 0.338 e. The molecule has 0 aliphatic heterocycles. The van der Waals surface area contributed by atoms with Crippen LogP contribution in [0.4, 0.5) is 10.5 Å². The first kappa shape index (κ1) is 24.2. The second kappa shape index (κ2) is 10.0. The van der Waals surface area contributed by atoms with Gasteiger partial charge in [-0.2, -0.15) is 0 Å². The number of anilines is 1. The molecule has 2 aromatic carbocycles. The third-order valence-corrected chi connectivity index (χ3v) is 6.48. The second-order valence-corrected chi connectivity index (χ2v) is 9.32. The van der Waals surface area contributed by atoms with E-state index < -0.39 is 34.5 Å². The summed E-state index contributed by atoms with van der Waals surface area (Å²) in [6, 6.07) is 8.15. The third kappa shape index (κ3) is 6.53. The number of aryl methyl sites for hydroxylation is 2. The van der Waals surface area contributed by atoms with E-state index in [4.69, 9.17) is 9.47 Å². The number of imide groups is 1. The number of rotatable bonds is 8. The Balaban J connectivity index is 1.58. The lowest BCUT2D eigenvalue weighted by Gasteiger charge is -2.12. The van der Waals surface area contributed by atoms with Crippen LogP contribution < -0.4 is 20.1 Å². The molecule has 10 nitrogen and oxygen atoms in total. The molecule has 2 aromatic rings. The summed E-state index contributed by atoms with van der Waals surface area (Å²) >= 11 is 0. The molecule has 0 bridgehead atoms. The van der Waals surface area contributed by atoms with Crippen molar-refractivity contribution in [2.45, 2.75) is 37.6 Å². The number of nitrogens with one attached hydrogen (secondary N) is 3. The molecule has 1 fully saturated rings. The van der Waals surface area contributed by atoms with Crippen LogP contribution in [0.5, 0.6) is 5.75 Å². The lowest BCUT2D eigenvalue weighted by Crippen LogP contribution is -2.37. The van der Waals surface area contributed by atoms with Crippen molar-refractivity contribution in [1.82, 2.24) is 10.0 Å². The SMILES string of the molecule is COc1ccc(C(=O)OCC(=O)NC(=O)Nc2ccc(C)c(C)c2)cc1S(=O)(=O)NC1CC1. The number of hydrogen-bond acceptors (Lipinski definition) is 7. The van der Waals surface area contributed by atoms with Crippen molar-refractivity contribution in [3.05, 3.63) is 53.1 Å². The topological polar surface area (TPSA) is 140 Å². The van der Waals surface area contributed by atoms with Crippen molar-refractivity contribution < 1.29 is 32.3 Å². The van der Waals surface area contributed by atoms with Gasteiger partial charge in [-0.05, 0) is 68.1 Å². The van der Waals surface area contributed by atoms with Gasteiger partial charge in [-0.3, -0.25) is 10.1 Å². The van der Waals surface area contributed by atoms with Gasteiger partial charge in [0.1, 0.15) is 10.6 Å². The van der Waals surface area contributed by atoms with Crippen molar-refractivity contribution in [2.24, 2.45) is 0 Å². The molecule has 11 heteroatoms. The third-order valence-electron chi connectivity index (χ3n) is 4.94. The quantitative estimate of drug-likeness (QED) is 0.498. The highest BCUT2D eigenvalue weighted by atomic mass is 32.2. The Morgan fingerprint density at radius 2 is 1.76 bits per heavy atom. The van der Waals surface area contributed by atoms with Gasteiger partial charge in [-0.25, -0.2) is 22.7 Å². The van der Waals surface area contributed by atoms with E-state index >= 15 is 0 Å². The van der Waals surface area contributed by atoms with E-state index in [9.17, 15) is 22.8 Å². The molecule has 0 unspecified atom stereocenters. The fraction of sp³-hybridized carbons (Fsp3) is 0.318. The number of urea groups is 1. The van der Waals surface area contributed by atoms with Crippen molar-refractivity contribution in [2.75, 3.05) is 19.0 Å². The second-order valence-electron chi connectivity index (χ2n) is 7.64. The van der Waals surface area contributed by atoms with Gasteiger partial charge in [0.05, 0.1) is 12.7 Å². The summed E-state index contributed by atoms with van der Waals surface area (Å²) in [7, 11) is -2.58. The van der Waals surface area contributed by atoms with Crippen molar-refractivity contribution in [3.63, 3.8) is 0 Å². The van der Waals surface area contributed by atoms with E-state index in [2.05, 4.69) is 15.4 Å². The molecule has 1 aliphatic rings. The van der Waals surface area contributed by atoms with E-state index in [1.165, 1.54) is 19.2 Å². The molecule has 0 aromatic heterocycles. The molecule has 0 radical (unpaired) electrons. The minimum absolute atomic E-state index is 0.0699. The normalized spacial score (nSPS) is 13.2. The number of sulfonamides is 1. The largest absolute Gasteiger partial charge is 0.495 e. The van der Waals surface area contributed by atoms with Crippen molar-refractivity contribution in [1.29, 1.82) is 0 Å². The van der Waals surface area contributed by atoms with Crippen molar-refractivity contribution in [3.8, 4) is 5.75 Å². The molecule has 0 saturated heterocycles. The summed E-state index contributed by atoms with van der Waals surface area (Å²) in [5.41, 5.74) is 2.45. The van der Waals surface area contributed by atoms with Gasteiger partial charge < -0.3 is 14.8 Å². The molecule has 0 heterocycles. The van der Waals surface area contributed by atoms with Crippen LogP contribution >= 0.6 is 0 Å². The van der Waals surface area contributed by atoms with Crippen LogP contribution in [0.25, 0.3) is 0 Å². The minimum Gasteiger partial charge on any atom is -0.495 e. The molecular weight excluding hydrogens is 450 g/mol.